The van der Waals surface area contributed by atoms with Crippen molar-refractivity contribution in [3.8, 4) is 23.0 Å². The van der Waals surface area contributed by atoms with Crippen molar-refractivity contribution in [1.29, 1.82) is 0 Å². The first-order valence-corrected chi connectivity index (χ1v) is 45.0. The van der Waals surface area contributed by atoms with Gasteiger partial charge in [-0.25, -0.2) is 8.42 Å². The van der Waals surface area contributed by atoms with Crippen LogP contribution in [-0.2, 0) is 24.3 Å². The molecule has 9 saturated heterocycles. The lowest BCUT2D eigenvalue weighted by atomic mass is 9.99. The van der Waals surface area contributed by atoms with Crippen molar-refractivity contribution >= 4 is 45.0 Å². The summed E-state index contributed by atoms with van der Waals surface area (Å²) >= 11 is 0. The van der Waals surface area contributed by atoms with Crippen molar-refractivity contribution in [1.82, 2.24) is 58.2 Å². The maximum absolute atomic E-state index is 12.5. The second kappa shape index (κ2) is 47.3. The summed E-state index contributed by atoms with van der Waals surface area (Å²) in [4.78, 5) is 96.1. The molecule has 4 aromatic rings. The van der Waals surface area contributed by atoms with E-state index in [1.165, 1.54) is 108 Å². The molecule has 0 spiro atoms. The van der Waals surface area contributed by atoms with Crippen LogP contribution in [0.15, 0.2) is 97.1 Å². The number of halogens is 3. The lowest BCUT2D eigenvalue weighted by Gasteiger charge is -2.44. The summed E-state index contributed by atoms with van der Waals surface area (Å²) in [5, 5.41) is 0. The molecule has 9 aliphatic rings. The standard InChI is InChI=1S/C23H35N3O3.C22H30F3N3O3.C22H33N3O3.C21H33N3O4S/c27-23(19-25-13-16-28-17-14-25)20-5-7-22(8-6-20)29-15-3-9-24-11-12-26-10-2-1-4-21(26)18-24;1-17-4-2-9-27(17)10-3-15-31-19-7-5-18(6-8-19)20(29)16-26-11-13-28(14-12-26)21(30)22(23,24)25;1-18-5-3-10-24(18)11-4-16-28-21-8-6-20(7-9-21)22(27)17-23-12-14-25(15-13-23)19(2)26;1-18-5-3-10-23(18)11-4-16-28-20-8-6-19(7-9-20)21(25)17-22-12-14-24(15-13-22)29(2,26)27/h5-8,21H,1-4,9-19H2;5-8,17H,2-4,9-16H2,1H3;6-9,18H,3-5,10-17H2,1-2H3;6-9,18H,3-5,10-17H2,1-2H3/t;17-;2*18-/m.111/s1. The highest BCUT2D eigenvalue weighted by atomic mass is 32.2. The molecule has 117 heavy (non-hydrogen) atoms. The summed E-state index contributed by atoms with van der Waals surface area (Å²) in [7, 11) is -3.15. The molecule has 2 amide bonds. The van der Waals surface area contributed by atoms with Gasteiger partial charge in [0.2, 0.25) is 15.9 Å². The number of hydrogen-bond acceptors (Lipinski definition) is 22. The van der Waals surface area contributed by atoms with Gasteiger partial charge in [0.25, 0.3) is 0 Å². The molecule has 13 rings (SSSR count). The molecule has 0 aliphatic carbocycles. The average Bonchev–Trinajstić information content (AvgIpc) is 1.24. The summed E-state index contributed by atoms with van der Waals surface area (Å²) < 4.78 is 90.8. The van der Waals surface area contributed by atoms with Crippen LogP contribution in [0, 0.1) is 0 Å². The third-order valence-electron chi connectivity index (χ3n) is 24.3. The average molecular weight is 1650 g/mol. The van der Waals surface area contributed by atoms with Gasteiger partial charge in [-0.05, 0) is 221 Å². The molecule has 29 heteroatoms. The topological polar surface area (TPSA) is 222 Å². The van der Waals surface area contributed by atoms with Gasteiger partial charge in [-0.15, -0.1) is 0 Å². The van der Waals surface area contributed by atoms with E-state index in [0.717, 1.165) is 138 Å². The molecule has 648 valence electrons. The lowest BCUT2D eigenvalue weighted by molar-refractivity contribution is -0.186. The van der Waals surface area contributed by atoms with Crippen molar-refractivity contribution in [2.24, 2.45) is 0 Å². The maximum Gasteiger partial charge on any atom is 0.471 e. The number of Topliss-reactive ketones (excluding diaryl/α,β-unsaturated/α-hetero) is 4. The van der Waals surface area contributed by atoms with Crippen molar-refractivity contribution in [3.63, 3.8) is 0 Å². The molecule has 9 aliphatic heterocycles. The number of benzene rings is 4. The maximum atomic E-state index is 12.5. The summed E-state index contributed by atoms with van der Waals surface area (Å²) in [6.07, 6.45) is 12.3. The number of fused-ring (bicyclic) bond motifs is 1. The normalized spacial score (nSPS) is 22.0. The Kier molecular flexibility index (Phi) is 37.3. The zero-order valence-electron chi connectivity index (χ0n) is 70.2. The van der Waals surface area contributed by atoms with Crippen LogP contribution in [0.3, 0.4) is 0 Å². The van der Waals surface area contributed by atoms with Gasteiger partial charge in [0, 0.05) is 191 Å². The number of morpholine rings is 1. The molecule has 0 bridgehead atoms. The number of hydrogen-bond donors (Lipinski definition) is 0. The molecule has 4 aromatic carbocycles. The van der Waals surface area contributed by atoms with Crippen molar-refractivity contribution in [3.05, 3.63) is 119 Å². The van der Waals surface area contributed by atoms with Gasteiger partial charge >= 0.3 is 12.1 Å². The number of carbonyl (C=O) groups excluding carboxylic acids is 6. The first kappa shape index (κ1) is 92.3. The Balaban J connectivity index is 0.000000165. The van der Waals surface area contributed by atoms with Crippen LogP contribution in [0.1, 0.15) is 153 Å². The molecule has 9 fully saturated rings. The zero-order chi connectivity index (χ0) is 83.1. The molecule has 0 N–H and O–H groups in total. The molecule has 0 radical (unpaired) electrons. The van der Waals surface area contributed by atoms with Gasteiger partial charge in [-0.2, -0.15) is 17.5 Å². The van der Waals surface area contributed by atoms with E-state index in [1.54, 1.807) is 36.1 Å². The van der Waals surface area contributed by atoms with Crippen LogP contribution in [-0.4, -0.2) is 368 Å². The van der Waals surface area contributed by atoms with Crippen molar-refractivity contribution in [2.45, 2.75) is 142 Å². The molecule has 4 atom stereocenters. The van der Waals surface area contributed by atoms with Crippen LogP contribution in [0.2, 0.25) is 0 Å². The van der Waals surface area contributed by atoms with E-state index in [9.17, 15) is 50.4 Å². The fourth-order valence-corrected chi connectivity index (χ4v) is 17.7. The largest absolute Gasteiger partial charge is 0.494 e. The van der Waals surface area contributed by atoms with E-state index >= 15 is 0 Å². The number of alkyl halides is 3. The predicted molar refractivity (Wildman–Crippen MR) is 448 cm³/mol. The molecule has 9 heterocycles. The highest BCUT2D eigenvalue weighted by Crippen LogP contribution is 2.26. The first-order valence-electron chi connectivity index (χ1n) is 43.1. The summed E-state index contributed by atoms with van der Waals surface area (Å²) in [5.74, 6) is 1.69. The van der Waals surface area contributed by atoms with Gasteiger partial charge in [0.15, 0.2) is 23.1 Å². The molecular formula is C88H131F3N12O13S. The minimum absolute atomic E-state index is 0.0331. The molecule has 0 saturated carbocycles. The number of rotatable bonds is 33. The number of amides is 2. The Labute approximate surface area is 693 Å². The molecule has 1 unspecified atom stereocenters. The van der Waals surface area contributed by atoms with Crippen LogP contribution >= 0.6 is 0 Å². The van der Waals surface area contributed by atoms with Gasteiger partial charge < -0.3 is 53.1 Å². The van der Waals surface area contributed by atoms with E-state index in [2.05, 4.69) is 55.1 Å². The Morgan fingerprint density at radius 3 is 1.06 bits per heavy atom. The summed E-state index contributed by atoms with van der Waals surface area (Å²) in [6, 6.07) is 32.2. The number of piperidine rings is 1. The highest BCUT2D eigenvalue weighted by Gasteiger charge is 2.43. The first-order chi connectivity index (χ1) is 56.4. The number of likely N-dealkylation sites (tertiary alicyclic amines) is 3. The Morgan fingerprint density at radius 1 is 0.393 bits per heavy atom. The quantitative estimate of drug-likeness (QED) is 0.0321. The predicted octanol–water partition coefficient (Wildman–Crippen LogP) is 8.96. The van der Waals surface area contributed by atoms with E-state index in [-0.39, 0.29) is 61.8 Å². The Bertz CT molecular complexity index is 3810. The van der Waals surface area contributed by atoms with Gasteiger partial charge in [0.1, 0.15) is 23.0 Å². The van der Waals surface area contributed by atoms with Crippen molar-refractivity contribution < 1.29 is 74.0 Å². The smallest absolute Gasteiger partial charge is 0.471 e. The molecule has 25 nitrogen and oxygen atoms in total. The number of ether oxygens (including phenoxy) is 5. The van der Waals surface area contributed by atoms with Crippen LogP contribution in [0.5, 0.6) is 23.0 Å². The number of carbonyl (C=O) groups is 6. The second-order valence-corrected chi connectivity index (χ2v) is 34.8. The van der Waals surface area contributed by atoms with E-state index < -0.39 is 22.1 Å². The second-order valence-electron chi connectivity index (χ2n) is 32.8. The number of ketones is 4. The van der Waals surface area contributed by atoms with Crippen LogP contribution in [0.4, 0.5) is 13.2 Å². The fourth-order valence-electron chi connectivity index (χ4n) is 16.9. The Hall–Kier alpha value is -7.00. The van der Waals surface area contributed by atoms with Gasteiger partial charge in [-0.3, -0.25) is 53.3 Å². The summed E-state index contributed by atoms with van der Waals surface area (Å²) in [5.41, 5.74) is 2.67. The fraction of sp³-hybridized carbons (Fsp3) is 0.659. The third kappa shape index (κ3) is 30.9. The third-order valence-corrected chi connectivity index (χ3v) is 25.6. The number of piperazine rings is 4. The molecular weight excluding hydrogens is 1520 g/mol. The van der Waals surface area contributed by atoms with E-state index in [4.69, 9.17) is 23.7 Å². The van der Waals surface area contributed by atoms with E-state index in [0.29, 0.717) is 119 Å². The number of sulfonamides is 1. The minimum atomic E-state index is -4.85. The monoisotopic (exact) mass is 1650 g/mol. The van der Waals surface area contributed by atoms with Gasteiger partial charge in [0.05, 0.1) is 72.1 Å². The Morgan fingerprint density at radius 2 is 0.726 bits per heavy atom. The van der Waals surface area contributed by atoms with Crippen molar-refractivity contribution in [2.75, 3.05) is 236 Å². The minimum Gasteiger partial charge on any atom is -0.494 e. The molecule has 0 aromatic heterocycles. The number of nitrogens with zero attached hydrogens (tertiary/aromatic N) is 12. The zero-order valence-corrected chi connectivity index (χ0v) is 71.0. The van der Waals surface area contributed by atoms with E-state index in [1.807, 2.05) is 82.6 Å². The SMILES string of the molecule is CC(=O)N1CCN(CC(=O)c2ccc(OCCCN3CCC[C@H]3C)cc2)CC1.C[C@@H]1CCCN1CCCOc1ccc(C(=O)CN2CCN(C(=O)C(F)(F)F)CC2)cc1.C[C@@H]1CCCN1CCCOc1ccc(C(=O)CN2CCN(S(C)(=O)=O)CC2)cc1.O=C(CN1CCOCC1)c1ccc(OCCCN2CCN3CCCCC3C2)cc1. The van der Waals surface area contributed by atoms with Crippen LogP contribution < -0.4 is 18.9 Å². The lowest BCUT2D eigenvalue weighted by Crippen LogP contribution is -2.54. The van der Waals surface area contributed by atoms with Gasteiger partial charge in [-0.1, -0.05) is 6.42 Å². The van der Waals surface area contributed by atoms with Crippen LogP contribution in [0.25, 0.3) is 0 Å². The summed E-state index contributed by atoms with van der Waals surface area (Å²) in [6.45, 7) is 33.7. The highest BCUT2D eigenvalue weighted by molar-refractivity contribution is 7.88.